The van der Waals surface area contributed by atoms with Crippen molar-refractivity contribution < 1.29 is 23.9 Å². The van der Waals surface area contributed by atoms with Gasteiger partial charge in [-0.3, -0.25) is 9.59 Å². The zero-order chi connectivity index (χ0) is 20.5. The van der Waals surface area contributed by atoms with Crippen molar-refractivity contribution in [3.05, 3.63) is 35.4 Å². The van der Waals surface area contributed by atoms with E-state index in [0.29, 0.717) is 18.5 Å². The van der Waals surface area contributed by atoms with E-state index < -0.39 is 6.04 Å². The molecule has 0 radical (unpaired) electrons. The second kappa shape index (κ2) is 10.5. The lowest BCUT2D eigenvalue weighted by molar-refractivity contribution is -0.145. The molecule has 0 unspecified atom stereocenters. The first-order chi connectivity index (χ1) is 13.5. The molecule has 0 bridgehead atoms. The molecule has 2 aliphatic heterocycles. The third kappa shape index (κ3) is 5.33. The maximum absolute atomic E-state index is 12.3. The molecule has 1 aromatic rings. The third-order valence-corrected chi connectivity index (χ3v) is 4.83. The molecular formula is C21H26N2O5. The summed E-state index contributed by atoms with van der Waals surface area (Å²) in [6.45, 7) is 1.52. The molecule has 2 saturated heterocycles. The van der Waals surface area contributed by atoms with Crippen molar-refractivity contribution in [1.82, 2.24) is 10.2 Å². The van der Waals surface area contributed by atoms with Gasteiger partial charge >= 0.3 is 11.9 Å². The number of likely N-dealkylation sites (tertiary alicyclic amines) is 1. The molecule has 2 aliphatic rings. The summed E-state index contributed by atoms with van der Waals surface area (Å²) in [5.74, 6) is 1.86. The SMILES string of the molecule is C#Cc1ccc(C(=O)N2CCC[C@H]2C(=O)OC)cc1.COC(=O)[C@@H]1CCCN1. The topological polar surface area (TPSA) is 84.9 Å². The van der Waals surface area contributed by atoms with Crippen LogP contribution in [0.4, 0.5) is 0 Å². The summed E-state index contributed by atoms with van der Waals surface area (Å²) in [5, 5.41) is 3.03. The van der Waals surface area contributed by atoms with Gasteiger partial charge in [-0.15, -0.1) is 6.42 Å². The quantitative estimate of drug-likeness (QED) is 0.624. The van der Waals surface area contributed by atoms with E-state index in [-0.39, 0.29) is 23.9 Å². The Morgan fingerprint density at radius 2 is 1.75 bits per heavy atom. The molecule has 2 heterocycles. The molecule has 0 aliphatic carbocycles. The van der Waals surface area contributed by atoms with Crippen LogP contribution in [0.25, 0.3) is 0 Å². The van der Waals surface area contributed by atoms with Gasteiger partial charge in [0.25, 0.3) is 5.91 Å². The minimum absolute atomic E-state index is 0.0324. The molecule has 2 fully saturated rings. The van der Waals surface area contributed by atoms with Crippen molar-refractivity contribution in [2.45, 2.75) is 37.8 Å². The van der Waals surface area contributed by atoms with Gasteiger partial charge in [-0.2, -0.15) is 0 Å². The van der Waals surface area contributed by atoms with Crippen molar-refractivity contribution in [3.8, 4) is 12.3 Å². The van der Waals surface area contributed by atoms with E-state index in [9.17, 15) is 14.4 Å². The lowest BCUT2D eigenvalue weighted by Crippen LogP contribution is -2.41. The Morgan fingerprint density at radius 1 is 1.07 bits per heavy atom. The van der Waals surface area contributed by atoms with E-state index in [1.165, 1.54) is 14.2 Å². The number of amides is 1. The highest BCUT2D eigenvalue weighted by Gasteiger charge is 2.35. The Hall–Kier alpha value is -2.85. The molecular weight excluding hydrogens is 360 g/mol. The van der Waals surface area contributed by atoms with Crippen LogP contribution in [0.5, 0.6) is 0 Å². The van der Waals surface area contributed by atoms with Gasteiger partial charge in [-0.25, -0.2) is 4.79 Å². The van der Waals surface area contributed by atoms with Crippen LogP contribution in [-0.4, -0.2) is 62.1 Å². The second-order valence-electron chi connectivity index (χ2n) is 6.57. The van der Waals surface area contributed by atoms with Crippen molar-refractivity contribution in [1.29, 1.82) is 0 Å². The predicted octanol–water partition coefficient (Wildman–Crippen LogP) is 1.36. The fraction of sp³-hybridized carbons (Fsp3) is 0.476. The lowest BCUT2D eigenvalue weighted by Gasteiger charge is -2.22. The monoisotopic (exact) mass is 386 g/mol. The number of rotatable bonds is 3. The molecule has 7 heteroatoms. The summed E-state index contributed by atoms with van der Waals surface area (Å²) < 4.78 is 9.26. The van der Waals surface area contributed by atoms with Crippen LogP contribution in [0.3, 0.4) is 0 Å². The first kappa shape index (κ1) is 21.5. The second-order valence-corrected chi connectivity index (χ2v) is 6.57. The Balaban J connectivity index is 0.000000261. The van der Waals surface area contributed by atoms with Gasteiger partial charge in [0.15, 0.2) is 0 Å². The normalized spacial score (nSPS) is 20.5. The van der Waals surface area contributed by atoms with Crippen molar-refractivity contribution in [2.75, 3.05) is 27.3 Å². The van der Waals surface area contributed by atoms with E-state index in [4.69, 9.17) is 11.2 Å². The predicted molar refractivity (Wildman–Crippen MR) is 103 cm³/mol. The third-order valence-electron chi connectivity index (χ3n) is 4.83. The van der Waals surface area contributed by atoms with Crippen molar-refractivity contribution in [2.24, 2.45) is 0 Å². The van der Waals surface area contributed by atoms with E-state index in [2.05, 4.69) is 16.0 Å². The van der Waals surface area contributed by atoms with Gasteiger partial charge in [0.05, 0.1) is 14.2 Å². The molecule has 0 spiro atoms. The molecule has 3 rings (SSSR count). The molecule has 150 valence electrons. The summed E-state index contributed by atoms with van der Waals surface area (Å²) in [6.07, 6.45) is 8.74. The smallest absolute Gasteiger partial charge is 0.328 e. The van der Waals surface area contributed by atoms with E-state index >= 15 is 0 Å². The molecule has 1 amide bonds. The average molecular weight is 386 g/mol. The Kier molecular flexibility index (Phi) is 8.02. The Labute approximate surface area is 165 Å². The number of ether oxygens (including phenoxy) is 2. The summed E-state index contributed by atoms with van der Waals surface area (Å²) in [5.41, 5.74) is 1.26. The maximum Gasteiger partial charge on any atom is 0.328 e. The van der Waals surface area contributed by atoms with Crippen LogP contribution < -0.4 is 5.32 Å². The van der Waals surface area contributed by atoms with E-state index in [1.807, 2.05) is 0 Å². The van der Waals surface area contributed by atoms with E-state index in [1.54, 1.807) is 29.2 Å². The number of hydrogen-bond acceptors (Lipinski definition) is 6. The highest BCUT2D eigenvalue weighted by Crippen LogP contribution is 2.21. The van der Waals surface area contributed by atoms with Crippen LogP contribution in [-0.2, 0) is 19.1 Å². The maximum atomic E-state index is 12.3. The summed E-state index contributed by atoms with van der Waals surface area (Å²) >= 11 is 0. The zero-order valence-corrected chi connectivity index (χ0v) is 16.3. The number of carbonyl (C=O) groups excluding carboxylic acids is 3. The molecule has 0 saturated carbocycles. The zero-order valence-electron chi connectivity index (χ0n) is 16.3. The van der Waals surface area contributed by atoms with Crippen molar-refractivity contribution in [3.63, 3.8) is 0 Å². The first-order valence-electron chi connectivity index (χ1n) is 9.28. The number of nitrogens with one attached hydrogen (secondary N) is 1. The lowest BCUT2D eigenvalue weighted by atomic mass is 10.1. The molecule has 28 heavy (non-hydrogen) atoms. The fourth-order valence-corrected chi connectivity index (χ4v) is 3.29. The number of benzene rings is 1. The molecule has 1 N–H and O–H groups in total. The van der Waals surface area contributed by atoms with Gasteiger partial charge in [-0.1, -0.05) is 5.92 Å². The minimum Gasteiger partial charge on any atom is -0.468 e. The molecule has 0 aromatic heterocycles. The first-order valence-corrected chi connectivity index (χ1v) is 9.28. The highest BCUT2D eigenvalue weighted by atomic mass is 16.5. The molecule has 7 nitrogen and oxygen atoms in total. The summed E-state index contributed by atoms with van der Waals surface area (Å²) in [4.78, 5) is 36.3. The van der Waals surface area contributed by atoms with Crippen molar-refractivity contribution >= 4 is 17.8 Å². The highest BCUT2D eigenvalue weighted by molar-refractivity contribution is 5.97. The molecule has 2 atom stereocenters. The van der Waals surface area contributed by atoms with Gasteiger partial charge in [-0.05, 0) is 56.5 Å². The number of terminal acetylenes is 1. The molecule has 1 aromatic carbocycles. The van der Waals surface area contributed by atoms with Crippen LogP contribution in [0.15, 0.2) is 24.3 Å². The Bertz CT molecular complexity index is 732. The number of carbonyl (C=O) groups is 3. The van der Waals surface area contributed by atoms with Gasteiger partial charge in [0.1, 0.15) is 12.1 Å². The average Bonchev–Trinajstić information content (AvgIpc) is 3.44. The number of nitrogens with zero attached hydrogens (tertiary/aromatic N) is 1. The van der Waals surface area contributed by atoms with Crippen LogP contribution in [0.1, 0.15) is 41.6 Å². The van der Waals surface area contributed by atoms with Crippen LogP contribution >= 0.6 is 0 Å². The van der Waals surface area contributed by atoms with Crippen LogP contribution in [0.2, 0.25) is 0 Å². The fourth-order valence-electron chi connectivity index (χ4n) is 3.29. The summed E-state index contributed by atoms with van der Waals surface area (Å²) in [6, 6.07) is 6.31. The van der Waals surface area contributed by atoms with Crippen LogP contribution in [0, 0.1) is 12.3 Å². The Morgan fingerprint density at radius 3 is 2.29 bits per heavy atom. The largest absolute Gasteiger partial charge is 0.468 e. The number of esters is 2. The summed E-state index contributed by atoms with van der Waals surface area (Å²) in [7, 11) is 2.76. The van der Waals surface area contributed by atoms with E-state index in [0.717, 1.165) is 31.4 Å². The number of hydrogen-bond donors (Lipinski definition) is 1. The minimum atomic E-state index is -0.468. The van der Waals surface area contributed by atoms with Gasteiger partial charge in [0, 0.05) is 17.7 Å². The van der Waals surface area contributed by atoms with Gasteiger partial charge < -0.3 is 19.7 Å². The standard InChI is InChI=1S/C15H15NO3.C6H11NO2/c1-3-11-6-8-12(9-7-11)14(17)16-10-4-5-13(16)15(18)19-2;1-9-6(8)5-3-2-4-7-5/h1,6-9,13H,4-5,10H2,2H3;5,7H,2-4H2,1H3/t13-;5-/m00/s1. The number of methoxy groups -OCH3 is 2. The van der Waals surface area contributed by atoms with Gasteiger partial charge in [0.2, 0.25) is 0 Å².